The zero-order valence-electron chi connectivity index (χ0n) is 15.2. The molecule has 1 aliphatic rings. The average molecular weight is 362 g/mol. The Morgan fingerprint density at radius 3 is 2.81 bits per heavy atom. The van der Waals surface area contributed by atoms with Gasteiger partial charge in [0.15, 0.2) is 0 Å². The van der Waals surface area contributed by atoms with Crippen molar-refractivity contribution in [3.63, 3.8) is 0 Å². The number of benzene rings is 1. The van der Waals surface area contributed by atoms with Crippen LogP contribution in [-0.4, -0.2) is 41.7 Å². The molecule has 3 N–H and O–H groups in total. The number of aryl methyl sites for hydroxylation is 1. The summed E-state index contributed by atoms with van der Waals surface area (Å²) >= 11 is 0. The number of nitrogens with zero attached hydrogens (tertiary/aromatic N) is 6. The Balaban J connectivity index is 1.45. The SMILES string of the molecule is Cn1nnc2ccc(-c3ccn4nc(N[C@H]5CC[C@H](N)CC5)ncc34)cc21. The lowest BCUT2D eigenvalue weighted by molar-refractivity contribution is 0.409. The van der Waals surface area contributed by atoms with E-state index in [2.05, 4.69) is 43.9 Å². The molecule has 0 spiro atoms. The summed E-state index contributed by atoms with van der Waals surface area (Å²) in [5.74, 6) is 0.663. The minimum absolute atomic E-state index is 0.338. The zero-order chi connectivity index (χ0) is 18.4. The first-order chi connectivity index (χ1) is 13.2. The molecule has 0 amide bonds. The number of nitrogens with two attached hydrogens (primary N) is 1. The van der Waals surface area contributed by atoms with Gasteiger partial charge in [-0.3, -0.25) is 0 Å². The van der Waals surface area contributed by atoms with E-state index in [0.717, 1.165) is 53.4 Å². The van der Waals surface area contributed by atoms with Crippen LogP contribution in [0.5, 0.6) is 0 Å². The highest BCUT2D eigenvalue weighted by atomic mass is 15.4. The van der Waals surface area contributed by atoms with E-state index in [1.807, 2.05) is 30.0 Å². The summed E-state index contributed by atoms with van der Waals surface area (Å²) in [6.45, 7) is 0. The molecule has 5 rings (SSSR count). The number of hydrogen-bond acceptors (Lipinski definition) is 6. The molecule has 0 unspecified atom stereocenters. The quantitative estimate of drug-likeness (QED) is 0.580. The molecule has 0 aliphatic heterocycles. The van der Waals surface area contributed by atoms with E-state index in [1.54, 1.807) is 4.68 Å². The van der Waals surface area contributed by atoms with E-state index in [9.17, 15) is 0 Å². The molecule has 8 heteroatoms. The van der Waals surface area contributed by atoms with Crippen LogP contribution in [0.4, 0.5) is 5.95 Å². The maximum atomic E-state index is 5.99. The van der Waals surface area contributed by atoms with Crippen molar-refractivity contribution in [2.45, 2.75) is 37.8 Å². The fraction of sp³-hybridized carbons (Fsp3) is 0.368. The van der Waals surface area contributed by atoms with E-state index >= 15 is 0 Å². The third-order valence-corrected chi connectivity index (χ3v) is 5.44. The lowest BCUT2D eigenvalue weighted by Crippen LogP contribution is -2.33. The fourth-order valence-electron chi connectivity index (χ4n) is 3.85. The first-order valence-electron chi connectivity index (χ1n) is 9.34. The first-order valence-corrected chi connectivity index (χ1v) is 9.34. The van der Waals surface area contributed by atoms with Crippen molar-refractivity contribution in [3.05, 3.63) is 36.7 Å². The molecule has 138 valence electrons. The molecule has 0 saturated heterocycles. The van der Waals surface area contributed by atoms with Gasteiger partial charge in [0.05, 0.1) is 17.2 Å². The van der Waals surface area contributed by atoms with Crippen LogP contribution in [0, 0.1) is 0 Å². The lowest BCUT2D eigenvalue weighted by atomic mass is 9.92. The van der Waals surface area contributed by atoms with Crippen LogP contribution in [0.3, 0.4) is 0 Å². The van der Waals surface area contributed by atoms with Gasteiger partial charge in [-0.2, -0.15) is 0 Å². The molecule has 0 atom stereocenters. The fourth-order valence-corrected chi connectivity index (χ4v) is 3.85. The van der Waals surface area contributed by atoms with Crippen molar-refractivity contribution >= 4 is 22.5 Å². The summed E-state index contributed by atoms with van der Waals surface area (Å²) < 4.78 is 3.66. The number of rotatable bonds is 3. The molecule has 0 radical (unpaired) electrons. The van der Waals surface area contributed by atoms with Crippen molar-refractivity contribution in [1.29, 1.82) is 0 Å². The van der Waals surface area contributed by atoms with Gasteiger partial charge in [-0.15, -0.1) is 10.2 Å². The predicted molar refractivity (Wildman–Crippen MR) is 104 cm³/mol. The summed E-state index contributed by atoms with van der Waals surface area (Å²) in [6.07, 6.45) is 8.10. The second-order valence-corrected chi connectivity index (χ2v) is 7.31. The van der Waals surface area contributed by atoms with Gasteiger partial charge in [0, 0.05) is 30.9 Å². The molecular weight excluding hydrogens is 340 g/mol. The molecule has 27 heavy (non-hydrogen) atoms. The van der Waals surface area contributed by atoms with E-state index in [4.69, 9.17) is 5.73 Å². The summed E-state index contributed by atoms with van der Waals surface area (Å²) in [5.41, 5.74) is 11.0. The monoisotopic (exact) mass is 362 g/mol. The number of anilines is 1. The normalized spacial score (nSPS) is 20.4. The minimum Gasteiger partial charge on any atom is -0.350 e. The van der Waals surface area contributed by atoms with Crippen LogP contribution in [0.25, 0.3) is 27.7 Å². The van der Waals surface area contributed by atoms with Gasteiger partial charge >= 0.3 is 0 Å². The van der Waals surface area contributed by atoms with Gasteiger partial charge in [-0.1, -0.05) is 11.3 Å². The largest absolute Gasteiger partial charge is 0.350 e. The Kier molecular flexibility index (Phi) is 3.78. The van der Waals surface area contributed by atoms with Gasteiger partial charge in [0.25, 0.3) is 0 Å². The number of hydrogen-bond donors (Lipinski definition) is 2. The maximum absolute atomic E-state index is 5.99. The van der Waals surface area contributed by atoms with E-state index in [0.29, 0.717) is 18.0 Å². The second kappa shape index (κ2) is 6.31. The Morgan fingerprint density at radius 1 is 1.11 bits per heavy atom. The summed E-state index contributed by atoms with van der Waals surface area (Å²) in [5, 5.41) is 16.3. The number of fused-ring (bicyclic) bond motifs is 2. The highest BCUT2D eigenvalue weighted by molar-refractivity contribution is 5.87. The van der Waals surface area contributed by atoms with Crippen LogP contribution < -0.4 is 11.1 Å². The minimum atomic E-state index is 0.338. The smallest absolute Gasteiger partial charge is 0.241 e. The number of aromatic nitrogens is 6. The van der Waals surface area contributed by atoms with E-state index in [1.165, 1.54) is 0 Å². The third-order valence-electron chi connectivity index (χ3n) is 5.44. The van der Waals surface area contributed by atoms with Gasteiger partial charge in [0.2, 0.25) is 5.95 Å². The second-order valence-electron chi connectivity index (χ2n) is 7.31. The van der Waals surface area contributed by atoms with Crippen molar-refractivity contribution in [3.8, 4) is 11.1 Å². The highest BCUT2D eigenvalue weighted by Gasteiger charge is 2.19. The van der Waals surface area contributed by atoms with Gasteiger partial charge in [0.1, 0.15) is 5.52 Å². The van der Waals surface area contributed by atoms with Crippen LogP contribution in [0.2, 0.25) is 0 Å². The Hall–Kier alpha value is -3.00. The topological polar surface area (TPSA) is 99.0 Å². The molecule has 8 nitrogen and oxygen atoms in total. The molecule has 1 aliphatic carbocycles. The molecule has 3 aromatic heterocycles. The molecule has 1 fully saturated rings. The maximum Gasteiger partial charge on any atom is 0.241 e. The molecule has 4 aromatic rings. The Labute approximate surface area is 156 Å². The van der Waals surface area contributed by atoms with Crippen molar-refractivity contribution in [2.75, 3.05) is 5.32 Å². The van der Waals surface area contributed by atoms with Crippen LogP contribution in [-0.2, 0) is 7.05 Å². The van der Waals surface area contributed by atoms with Crippen molar-refractivity contribution < 1.29 is 0 Å². The summed E-state index contributed by atoms with van der Waals surface area (Å²) in [7, 11) is 1.90. The average Bonchev–Trinajstić information content (AvgIpc) is 3.27. The van der Waals surface area contributed by atoms with Gasteiger partial charge < -0.3 is 11.1 Å². The van der Waals surface area contributed by atoms with E-state index in [-0.39, 0.29) is 0 Å². The van der Waals surface area contributed by atoms with Gasteiger partial charge in [-0.25, -0.2) is 14.2 Å². The molecule has 1 saturated carbocycles. The molecule has 1 aromatic carbocycles. The van der Waals surface area contributed by atoms with E-state index < -0.39 is 0 Å². The van der Waals surface area contributed by atoms with Crippen molar-refractivity contribution in [1.82, 2.24) is 29.6 Å². The number of nitrogens with one attached hydrogen (secondary N) is 1. The first kappa shape index (κ1) is 16.2. The van der Waals surface area contributed by atoms with Crippen LogP contribution in [0.15, 0.2) is 36.7 Å². The summed E-state index contributed by atoms with van der Waals surface area (Å²) in [6, 6.07) is 8.96. The molecule has 3 heterocycles. The standard InChI is InChI=1S/C19H22N8/c1-26-17-10-12(2-7-16(17)23-25-26)15-8-9-27-18(15)11-21-19(24-27)22-14-5-3-13(20)4-6-14/h2,7-11,13-14H,3-6,20H2,1H3,(H,22,24)/t13-,14-. The lowest BCUT2D eigenvalue weighted by Gasteiger charge is -2.26. The van der Waals surface area contributed by atoms with Gasteiger partial charge in [-0.05, 0) is 49.4 Å². The Bertz CT molecular complexity index is 1100. The molecular formula is C19H22N8. The summed E-state index contributed by atoms with van der Waals surface area (Å²) in [4.78, 5) is 4.54. The Morgan fingerprint density at radius 2 is 1.96 bits per heavy atom. The third kappa shape index (κ3) is 2.91. The van der Waals surface area contributed by atoms with Crippen LogP contribution in [0.1, 0.15) is 25.7 Å². The predicted octanol–water partition coefficient (Wildman–Crippen LogP) is 2.36. The molecule has 0 bridgehead atoms. The van der Waals surface area contributed by atoms with Crippen LogP contribution >= 0.6 is 0 Å². The zero-order valence-corrected chi connectivity index (χ0v) is 15.2. The highest BCUT2D eigenvalue weighted by Crippen LogP contribution is 2.28. The van der Waals surface area contributed by atoms with Crippen molar-refractivity contribution in [2.24, 2.45) is 12.8 Å².